The van der Waals surface area contributed by atoms with Crippen LogP contribution < -0.4 is 14.8 Å². The Hall–Kier alpha value is -3.79. The summed E-state index contributed by atoms with van der Waals surface area (Å²) in [6.07, 6.45) is 3.54. The lowest BCUT2D eigenvalue weighted by Gasteiger charge is -2.15. The molecule has 0 aliphatic carbocycles. The summed E-state index contributed by atoms with van der Waals surface area (Å²) in [5.41, 5.74) is 1.85. The van der Waals surface area contributed by atoms with Crippen molar-refractivity contribution in [3.8, 4) is 17.0 Å². The number of halogens is 2. The largest absolute Gasteiger partial charge is 0.481 e. The second kappa shape index (κ2) is 9.60. The molecule has 2 aromatic carbocycles. The molecule has 0 bridgehead atoms. The molecule has 2 aromatic heterocycles. The first-order valence-corrected chi connectivity index (χ1v) is 12.1. The number of ether oxygens (including phenoxy) is 1. The Morgan fingerprint density at radius 3 is 2.47 bits per heavy atom. The van der Waals surface area contributed by atoms with E-state index in [0.717, 1.165) is 23.3 Å². The summed E-state index contributed by atoms with van der Waals surface area (Å²) < 4.78 is 61.2. The summed E-state index contributed by atoms with van der Waals surface area (Å²) in [6, 6.07) is 12.7. The van der Waals surface area contributed by atoms with Gasteiger partial charge in [0.1, 0.15) is 11.5 Å². The van der Waals surface area contributed by atoms with E-state index in [-0.39, 0.29) is 11.4 Å². The summed E-state index contributed by atoms with van der Waals surface area (Å²) in [5, 5.41) is 3.40. The number of hydrogen-bond donors (Lipinski definition) is 2. The van der Waals surface area contributed by atoms with Crippen molar-refractivity contribution in [1.29, 1.82) is 0 Å². The van der Waals surface area contributed by atoms with Crippen molar-refractivity contribution in [2.75, 3.05) is 22.9 Å². The van der Waals surface area contributed by atoms with Gasteiger partial charge in [-0.1, -0.05) is 13.0 Å². The number of sulfonamides is 1. The number of methoxy groups -OCH3 is 1. The fraction of sp³-hybridized carbons (Fsp3) is 0.167. The number of benzene rings is 2. The summed E-state index contributed by atoms with van der Waals surface area (Å²) in [4.78, 5) is 8.53. The highest BCUT2D eigenvalue weighted by Crippen LogP contribution is 2.33. The van der Waals surface area contributed by atoms with Gasteiger partial charge in [0, 0.05) is 35.1 Å². The minimum absolute atomic E-state index is 0.176. The number of anilines is 3. The molecule has 0 aliphatic rings. The number of hydrogen-bond acceptors (Lipinski definition) is 6. The van der Waals surface area contributed by atoms with Gasteiger partial charge in [0.25, 0.3) is 0 Å². The molecular weight excluding hydrogens is 462 g/mol. The first kappa shape index (κ1) is 23.4. The number of aromatic nitrogens is 2. The van der Waals surface area contributed by atoms with Crippen LogP contribution in [0.3, 0.4) is 0 Å². The molecule has 4 rings (SSSR count). The first-order chi connectivity index (χ1) is 16.3. The lowest BCUT2D eigenvalue weighted by atomic mass is 10.0. The van der Waals surface area contributed by atoms with Crippen molar-refractivity contribution in [3.63, 3.8) is 0 Å². The fourth-order valence-electron chi connectivity index (χ4n) is 3.47. The predicted molar refractivity (Wildman–Crippen MR) is 129 cm³/mol. The molecule has 0 amide bonds. The minimum Gasteiger partial charge on any atom is -0.481 e. The Bertz CT molecular complexity index is 1450. The van der Waals surface area contributed by atoms with Crippen LogP contribution in [0.4, 0.5) is 25.8 Å². The first-order valence-electron chi connectivity index (χ1n) is 10.5. The summed E-state index contributed by atoms with van der Waals surface area (Å²) in [5.74, 6) is -1.60. The molecule has 0 saturated heterocycles. The van der Waals surface area contributed by atoms with E-state index in [1.54, 1.807) is 31.3 Å². The average Bonchev–Trinajstić information content (AvgIpc) is 2.83. The van der Waals surface area contributed by atoms with Gasteiger partial charge in [-0.25, -0.2) is 22.2 Å². The number of rotatable bonds is 8. The third-order valence-electron chi connectivity index (χ3n) is 5.11. The highest BCUT2D eigenvalue weighted by molar-refractivity contribution is 7.92. The van der Waals surface area contributed by atoms with Crippen LogP contribution in [0.5, 0.6) is 5.88 Å². The van der Waals surface area contributed by atoms with Gasteiger partial charge in [-0.15, -0.1) is 0 Å². The van der Waals surface area contributed by atoms with Gasteiger partial charge in [-0.3, -0.25) is 9.71 Å². The van der Waals surface area contributed by atoms with Crippen LogP contribution in [-0.2, 0) is 10.0 Å². The molecule has 0 radical (unpaired) electrons. The molecule has 10 heteroatoms. The number of pyridine rings is 2. The average molecular weight is 485 g/mol. The molecule has 176 valence electrons. The van der Waals surface area contributed by atoms with Gasteiger partial charge >= 0.3 is 0 Å². The highest BCUT2D eigenvalue weighted by atomic mass is 32.2. The van der Waals surface area contributed by atoms with E-state index in [1.165, 1.54) is 13.3 Å². The number of nitrogens with zero attached hydrogens (tertiary/aromatic N) is 2. The zero-order chi connectivity index (χ0) is 24.3. The molecule has 4 aromatic rings. The van der Waals surface area contributed by atoms with E-state index >= 15 is 4.39 Å². The number of fused-ring (bicyclic) bond motifs is 1. The molecular formula is C24H22F2N4O3S. The Morgan fingerprint density at radius 1 is 0.971 bits per heavy atom. The molecule has 7 nitrogen and oxygen atoms in total. The molecule has 2 heterocycles. The molecule has 0 spiro atoms. The molecule has 34 heavy (non-hydrogen) atoms. The van der Waals surface area contributed by atoms with Gasteiger partial charge in [0.15, 0.2) is 5.82 Å². The van der Waals surface area contributed by atoms with Crippen molar-refractivity contribution < 1.29 is 21.9 Å². The van der Waals surface area contributed by atoms with Crippen LogP contribution >= 0.6 is 0 Å². The molecule has 0 saturated carbocycles. The van der Waals surface area contributed by atoms with Crippen LogP contribution in [0.15, 0.2) is 60.9 Å². The highest BCUT2D eigenvalue weighted by Gasteiger charge is 2.19. The monoisotopic (exact) mass is 484 g/mol. The third kappa shape index (κ3) is 4.91. The number of nitrogens with one attached hydrogen (secondary N) is 2. The Kier molecular flexibility index (Phi) is 6.60. The second-order valence-electron chi connectivity index (χ2n) is 7.51. The summed E-state index contributed by atoms with van der Waals surface area (Å²) >= 11 is 0. The van der Waals surface area contributed by atoms with Crippen LogP contribution in [0.1, 0.15) is 13.3 Å². The quantitative estimate of drug-likeness (QED) is 0.344. The van der Waals surface area contributed by atoms with Crippen LogP contribution in [0, 0.1) is 11.6 Å². The molecule has 0 unspecified atom stereocenters. The SMILES string of the molecule is CCCS(=O)(=O)Nc1ccc(F)c(Nc2ccnc3ccc(-c4ccc(OC)nc4)cc23)c1F. The van der Waals surface area contributed by atoms with Gasteiger partial charge in [-0.2, -0.15) is 0 Å². The summed E-state index contributed by atoms with van der Waals surface area (Å²) in [7, 11) is -2.22. The van der Waals surface area contributed by atoms with Crippen molar-refractivity contribution in [3.05, 3.63) is 72.6 Å². The molecule has 0 fully saturated rings. The van der Waals surface area contributed by atoms with Crippen molar-refractivity contribution in [2.45, 2.75) is 13.3 Å². The van der Waals surface area contributed by atoms with Crippen molar-refractivity contribution in [2.24, 2.45) is 0 Å². The van der Waals surface area contributed by atoms with Crippen molar-refractivity contribution in [1.82, 2.24) is 9.97 Å². The van der Waals surface area contributed by atoms with Gasteiger partial charge in [0.05, 0.1) is 24.1 Å². The van der Waals surface area contributed by atoms with Gasteiger partial charge < -0.3 is 10.1 Å². The van der Waals surface area contributed by atoms with Crippen molar-refractivity contribution >= 4 is 38.0 Å². The maximum absolute atomic E-state index is 15.1. The normalized spacial score (nSPS) is 11.4. The maximum Gasteiger partial charge on any atom is 0.232 e. The van der Waals surface area contributed by atoms with E-state index in [2.05, 4.69) is 20.0 Å². The molecule has 0 aliphatic heterocycles. The van der Waals surface area contributed by atoms with E-state index in [4.69, 9.17) is 4.74 Å². The molecule has 0 atom stereocenters. The van der Waals surface area contributed by atoms with Gasteiger partial charge in [0.2, 0.25) is 15.9 Å². The van der Waals surface area contributed by atoms with Gasteiger partial charge in [-0.05, 0) is 48.4 Å². The standard InChI is InChI=1S/C24H22F2N4O3S/c1-3-12-34(31,32)30-21-8-6-18(25)24(23(21)26)29-20-10-11-27-19-7-4-15(13-17(19)20)16-5-9-22(33-2)28-14-16/h4-11,13-14,30H,3,12H2,1-2H3,(H,27,29). The van der Waals surface area contributed by atoms with Crippen LogP contribution in [0.2, 0.25) is 0 Å². The van der Waals surface area contributed by atoms with E-state index < -0.39 is 27.3 Å². The summed E-state index contributed by atoms with van der Waals surface area (Å²) in [6.45, 7) is 1.69. The van der Waals surface area contributed by atoms with Crippen LogP contribution in [0.25, 0.3) is 22.0 Å². The maximum atomic E-state index is 15.1. The second-order valence-corrected chi connectivity index (χ2v) is 9.35. The fourth-order valence-corrected chi connectivity index (χ4v) is 4.61. The lowest BCUT2D eigenvalue weighted by molar-refractivity contribution is 0.398. The topological polar surface area (TPSA) is 93.2 Å². The Labute approximate surface area is 195 Å². The minimum atomic E-state index is -3.75. The zero-order valence-corrected chi connectivity index (χ0v) is 19.3. The molecule has 2 N–H and O–H groups in total. The Balaban J connectivity index is 1.74. The Morgan fingerprint density at radius 2 is 1.76 bits per heavy atom. The third-order valence-corrected chi connectivity index (χ3v) is 6.59. The van der Waals surface area contributed by atoms with E-state index in [0.29, 0.717) is 28.9 Å². The van der Waals surface area contributed by atoms with Crippen LogP contribution in [-0.4, -0.2) is 31.2 Å². The van der Waals surface area contributed by atoms with E-state index in [9.17, 15) is 12.8 Å². The smallest absolute Gasteiger partial charge is 0.232 e. The van der Waals surface area contributed by atoms with E-state index in [1.807, 2.05) is 18.2 Å². The zero-order valence-electron chi connectivity index (χ0n) is 18.5. The predicted octanol–water partition coefficient (Wildman–Crippen LogP) is 5.48. The lowest BCUT2D eigenvalue weighted by Crippen LogP contribution is -2.17.